The summed E-state index contributed by atoms with van der Waals surface area (Å²) in [6.45, 7) is 3.94. The summed E-state index contributed by atoms with van der Waals surface area (Å²) >= 11 is 0. The van der Waals surface area contributed by atoms with Gasteiger partial charge < -0.3 is 5.11 Å². The minimum Gasteiger partial charge on any atom is -0.465 e. The predicted octanol–water partition coefficient (Wildman–Crippen LogP) is 3.59. The Hall–Kier alpha value is -2.88. The summed E-state index contributed by atoms with van der Waals surface area (Å²) in [5, 5.41) is 9.01. The molecule has 2 aromatic rings. The van der Waals surface area contributed by atoms with E-state index in [-0.39, 0.29) is 12.5 Å². The largest absolute Gasteiger partial charge is 0.465 e. The molecule has 3 rings (SSSR count). The van der Waals surface area contributed by atoms with Crippen LogP contribution < -0.4 is 0 Å². The summed E-state index contributed by atoms with van der Waals surface area (Å²) < 4.78 is 0. The summed E-state index contributed by atoms with van der Waals surface area (Å²) in [6, 6.07) is 18.2. The molecule has 1 aliphatic heterocycles. The molecule has 1 N–H and O–H groups in total. The Bertz CT molecular complexity index is 750. The lowest BCUT2D eigenvalue weighted by Gasteiger charge is -2.11. The van der Waals surface area contributed by atoms with Crippen LogP contribution in [0.25, 0.3) is 11.1 Å². The van der Waals surface area contributed by atoms with E-state index >= 15 is 0 Å². The molecule has 1 heterocycles. The second kappa shape index (κ2) is 6.08. The highest BCUT2D eigenvalue weighted by atomic mass is 16.4. The SMILES string of the molecule is C=C1C(=O)N(C(=O)O)CC1Cc1ccc(-c2ccccc2)cc1. The third kappa shape index (κ3) is 3.01. The van der Waals surface area contributed by atoms with Gasteiger partial charge >= 0.3 is 6.09 Å². The van der Waals surface area contributed by atoms with Crippen LogP contribution in [0.1, 0.15) is 5.56 Å². The molecular weight excluding hydrogens is 290 g/mol. The van der Waals surface area contributed by atoms with Crippen molar-refractivity contribution in [1.82, 2.24) is 4.90 Å². The van der Waals surface area contributed by atoms with Crippen molar-refractivity contribution in [2.75, 3.05) is 6.54 Å². The van der Waals surface area contributed by atoms with E-state index in [2.05, 4.69) is 18.7 Å². The van der Waals surface area contributed by atoms with Gasteiger partial charge in [-0.25, -0.2) is 9.69 Å². The van der Waals surface area contributed by atoms with E-state index in [1.807, 2.05) is 42.5 Å². The zero-order chi connectivity index (χ0) is 16.4. The topological polar surface area (TPSA) is 57.6 Å². The van der Waals surface area contributed by atoms with Gasteiger partial charge in [0.2, 0.25) is 0 Å². The first kappa shape index (κ1) is 15.0. The maximum Gasteiger partial charge on any atom is 0.414 e. The van der Waals surface area contributed by atoms with Crippen LogP contribution >= 0.6 is 0 Å². The number of hydrogen-bond acceptors (Lipinski definition) is 2. The number of imide groups is 1. The molecule has 4 nitrogen and oxygen atoms in total. The van der Waals surface area contributed by atoms with Gasteiger partial charge in [0, 0.05) is 18.0 Å². The number of hydrogen-bond donors (Lipinski definition) is 1. The average Bonchev–Trinajstić information content (AvgIpc) is 2.85. The maximum absolute atomic E-state index is 11.8. The van der Waals surface area contributed by atoms with Crippen LogP contribution in [0.5, 0.6) is 0 Å². The van der Waals surface area contributed by atoms with Crippen molar-refractivity contribution in [2.45, 2.75) is 6.42 Å². The molecule has 116 valence electrons. The Morgan fingerprint density at radius 3 is 2.26 bits per heavy atom. The van der Waals surface area contributed by atoms with Crippen LogP contribution in [0.3, 0.4) is 0 Å². The maximum atomic E-state index is 11.8. The van der Waals surface area contributed by atoms with E-state index in [9.17, 15) is 9.59 Å². The minimum absolute atomic E-state index is 0.152. The molecule has 0 spiro atoms. The lowest BCUT2D eigenvalue weighted by molar-refractivity contribution is -0.122. The van der Waals surface area contributed by atoms with Crippen molar-refractivity contribution in [1.29, 1.82) is 0 Å². The molecule has 0 saturated carbocycles. The van der Waals surface area contributed by atoms with Gasteiger partial charge in [-0.3, -0.25) is 4.79 Å². The molecule has 1 fully saturated rings. The summed E-state index contributed by atoms with van der Waals surface area (Å²) in [5.41, 5.74) is 3.72. The molecule has 23 heavy (non-hydrogen) atoms. The Balaban J connectivity index is 1.73. The standard InChI is InChI=1S/C19H17NO3/c1-13-17(12-20(18(13)21)19(22)23)11-14-7-9-16(10-8-14)15-5-3-2-4-6-15/h2-10,17H,1,11-12H2,(H,22,23). The van der Waals surface area contributed by atoms with Gasteiger partial charge in [0.05, 0.1) is 0 Å². The lowest BCUT2D eigenvalue weighted by Crippen LogP contribution is -2.31. The van der Waals surface area contributed by atoms with Crippen molar-refractivity contribution in [2.24, 2.45) is 5.92 Å². The average molecular weight is 307 g/mol. The molecule has 1 saturated heterocycles. The molecule has 2 aromatic carbocycles. The first-order chi connectivity index (χ1) is 11.1. The summed E-state index contributed by atoms with van der Waals surface area (Å²) in [4.78, 5) is 23.7. The number of carbonyl (C=O) groups excluding carboxylic acids is 1. The molecule has 0 radical (unpaired) electrons. The monoisotopic (exact) mass is 307 g/mol. The number of benzene rings is 2. The summed E-state index contributed by atoms with van der Waals surface area (Å²) in [6.07, 6.45) is -0.596. The molecule has 0 aromatic heterocycles. The highest BCUT2D eigenvalue weighted by Gasteiger charge is 2.37. The van der Waals surface area contributed by atoms with E-state index in [4.69, 9.17) is 5.11 Å². The fraction of sp³-hybridized carbons (Fsp3) is 0.158. The van der Waals surface area contributed by atoms with E-state index in [0.717, 1.165) is 21.6 Å². The second-order valence-corrected chi connectivity index (χ2v) is 5.69. The number of likely N-dealkylation sites (tertiary alicyclic amines) is 1. The third-order valence-corrected chi connectivity index (χ3v) is 4.19. The van der Waals surface area contributed by atoms with Gasteiger partial charge in [0.25, 0.3) is 5.91 Å². The zero-order valence-electron chi connectivity index (χ0n) is 12.6. The van der Waals surface area contributed by atoms with Crippen molar-refractivity contribution >= 4 is 12.0 Å². The van der Waals surface area contributed by atoms with Crippen molar-refractivity contribution < 1.29 is 14.7 Å². The summed E-state index contributed by atoms with van der Waals surface area (Å²) in [7, 11) is 0. The first-order valence-electron chi connectivity index (χ1n) is 7.44. The lowest BCUT2D eigenvalue weighted by atomic mass is 9.94. The van der Waals surface area contributed by atoms with Gasteiger partial charge in [0.1, 0.15) is 0 Å². The Morgan fingerprint density at radius 2 is 1.70 bits per heavy atom. The summed E-state index contributed by atoms with van der Waals surface area (Å²) in [5.74, 6) is -0.635. The highest BCUT2D eigenvalue weighted by molar-refractivity contribution is 6.04. The van der Waals surface area contributed by atoms with Crippen molar-refractivity contribution in [3.63, 3.8) is 0 Å². The van der Waals surface area contributed by atoms with Crippen LogP contribution in [-0.2, 0) is 11.2 Å². The van der Waals surface area contributed by atoms with Crippen LogP contribution in [0.4, 0.5) is 4.79 Å². The van der Waals surface area contributed by atoms with Gasteiger partial charge in [-0.2, -0.15) is 0 Å². The van der Waals surface area contributed by atoms with Crippen molar-refractivity contribution in [3.8, 4) is 11.1 Å². The number of amides is 2. The molecule has 1 unspecified atom stereocenters. The fourth-order valence-corrected chi connectivity index (χ4v) is 2.86. The highest BCUT2D eigenvalue weighted by Crippen LogP contribution is 2.27. The van der Waals surface area contributed by atoms with Crippen LogP contribution in [0.15, 0.2) is 66.7 Å². The molecule has 0 aliphatic carbocycles. The van der Waals surface area contributed by atoms with Crippen molar-refractivity contribution in [3.05, 3.63) is 72.3 Å². The second-order valence-electron chi connectivity index (χ2n) is 5.69. The third-order valence-electron chi connectivity index (χ3n) is 4.19. The molecule has 1 aliphatic rings. The Labute approximate surface area is 134 Å². The molecular formula is C19H17NO3. The number of carbonyl (C=O) groups is 2. The molecule has 2 amide bonds. The minimum atomic E-state index is -1.21. The fourth-order valence-electron chi connectivity index (χ4n) is 2.86. The number of carboxylic acid groups (broad SMARTS) is 1. The van der Waals surface area contributed by atoms with Gasteiger partial charge in [-0.1, -0.05) is 61.2 Å². The Kier molecular flexibility index (Phi) is 3.98. The van der Waals surface area contributed by atoms with Crippen LogP contribution in [-0.4, -0.2) is 28.6 Å². The predicted molar refractivity (Wildman–Crippen MR) is 87.9 cm³/mol. The quantitative estimate of drug-likeness (QED) is 0.882. The van der Waals surface area contributed by atoms with Crippen LogP contribution in [0.2, 0.25) is 0 Å². The normalized spacial score (nSPS) is 17.6. The van der Waals surface area contributed by atoms with Gasteiger partial charge in [-0.15, -0.1) is 0 Å². The first-order valence-corrected chi connectivity index (χ1v) is 7.44. The number of rotatable bonds is 3. The molecule has 0 bridgehead atoms. The van der Waals surface area contributed by atoms with E-state index in [1.165, 1.54) is 0 Å². The molecule has 1 atom stereocenters. The molecule has 4 heteroatoms. The van der Waals surface area contributed by atoms with Gasteiger partial charge in [-0.05, 0) is 23.1 Å². The zero-order valence-corrected chi connectivity index (χ0v) is 12.6. The number of nitrogens with zero attached hydrogens (tertiary/aromatic N) is 1. The van der Waals surface area contributed by atoms with E-state index < -0.39 is 12.0 Å². The van der Waals surface area contributed by atoms with Gasteiger partial charge in [0.15, 0.2) is 0 Å². The van der Waals surface area contributed by atoms with E-state index in [0.29, 0.717) is 12.0 Å². The Morgan fingerprint density at radius 1 is 1.09 bits per heavy atom. The van der Waals surface area contributed by atoms with E-state index in [1.54, 1.807) is 0 Å². The smallest absolute Gasteiger partial charge is 0.414 e. The van der Waals surface area contributed by atoms with Crippen LogP contribution in [0, 0.1) is 5.92 Å².